The van der Waals surface area contributed by atoms with E-state index in [1.165, 1.54) is 0 Å². The standard InChI is InChI=1S/Mo.2H2O3Te/c;2*1-4(2)3/h;2*(H2,1,2,3)/q+4;;/p-4. The maximum atomic E-state index is 8.59. The molecular weight excluding hydrogens is 447 g/mol. The second kappa shape index (κ2) is 12.4. The van der Waals surface area contributed by atoms with Gasteiger partial charge in [-0.1, -0.05) is 0 Å². The van der Waals surface area contributed by atoms with Crippen LogP contribution in [0.25, 0.3) is 0 Å². The van der Waals surface area contributed by atoms with Gasteiger partial charge in [0.1, 0.15) is 0 Å². The zero-order valence-electron chi connectivity index (χ0n) is 3.67. The summed E-state index contributed by atoms with van der Waals surface area (Å²) < 4.78 is 51.5. The molecule has 9 heteroatoms. The molecule has 0 atom stereocenters. The third-order valence-electron chi connectivity index (χ3n) is 0. The molecule has 0 aromatic carbocycles. The van der Waals surface area contributed by atoms with Crippen LogP contribution in [0.2, 0.25) is 0 Å². The summed E-state index contributed by atoms with van der Waals surface area (Å²) >= 11 is -8.21. The van der Waals surface area contributed by atoms with Gasteiger partial charge >= 0.3 is 81.9 Å². The third kappa shape index (κ3) is 198. The van der Waals surface area contributed by atoms with Gasteiger partial charge in [-0.25, -0.2) is 0 Å². The molecule has 0 saturated heterocycles. The van der Waals surface area contributed by atoms with E-state index in [1.54, 1.807) is 0 Å². The van der Waals surface area contributed by atoms with Crippen molar-refractivity contribution in [1.29, 1.82) is 0 Å². The molecule has 0 rings (SSSR count). The smallest absolute Gasteiger partial charge is 4.00 e. The first-order valence-electron chi connectivity index (χ1n) is 1.00. The molecule has 0 aromatic heterocycles. The molecule has 0 saturated carbocycles. The Morgan fingerprint density at radius 2 is 0.778 bits per heavy atom. The van der Waals surface area contributed by atoms with Gasteiger partial charge in [-0.2, -0.15) is 0 Å². The van der Waals surface area contributed by atoms with E-state index in [0.717, 1.165) is 0 Å². The average molecular weight is 447 g/mol. The number of hydrogen-bond acceptors (Lipinski definition) is 6. The van der Waals surface area contributed by atoms with E-state index in [0.29, 0.717) is 0 Å². The summed E-state index contributed by atoms with van der Waals surface area (Å²) in [5.41, 5.74) is 0. The van der Waals surface area contributed by atoms with Crippen molar-refractivity contribution in [3.05, 3.63) is 0 Å². The Morgan fingerprint density at radius 3 is 0.778 bits per heavy atom. The van der Waals surface area contributed by atoms with Gasteiger partial charge in [0.25, 0.3) is 0 Å². The summed E-state index contributed by atoms with van der Waals surface area (Å²) in [5.74, 6) is 0. The number of rotatable bonds is 0. The van der Waals surface area contributed by atoms with Crippen LogP contribution in [0.3, 0.4) is 0 Å². The second-order valence-electron chi connectivity index (χ2n) is 0.408. The molecule has 0 spiro atoms. The fourth-order valence-electron chi connectivity index (χ4n) is 0. The summed E-state index contributed by atoms with van der Waals surface area (Å²) in [6, 6.07) is 0. The predicted octanol–water partition coefficient (Wildman–Crippen LogP) is -5.76. The Balaban J connectivity index is -0.0000000720. The Morgan fingerprint density at radius 1 is 0.778 bits per heavy atom. The minimum Gasteiger partial charge on any atom is 4.00 e. The summed E-state index contributed by atoms with van der Waals surface area (Å²) in [4.78, 5) is 0. The van der Waals surface area contributed by atoms with Crippen molar-refractivity contribution in [1.82, 2.24) is 0 Å². The van der Waals surface area contributed by atoms with Gasteiger partial charge in [-0.05, 0) is 0 Å². The normalized spacial score (nSPS) is 7.78. The van der Waals surface area contributed by atoms with Gasteiger partial charge in [-0.3, -0.25) is 0 Å². The summed E-state index contributed by atoms with van der Waals surface area (Å²) in [6.07, 6.45) is 0. The van der Waals surface area contributed by atoms with E-state index in [9.17, 15) is 0 Å². The molecule has 54 valence electrons. The SMILES string of the molecule is O=[Te]([O-])[O-].O=[Te]([O-])[O-].[Mo+4]. The van der Waals surface area contributed by atoms with Crippen LogP contribution in [0.15, 0.2) is 0 Å². The van der Waals surface area contributed by atoms with Crippen molar-refractivity contribution in [3.8, 4) is 0 Å². The molecule has 0 bridgehead atoms. The fourth-order valence-corrected chi connectivity index (χ4v) is 0. The molecule has 0 fully saturated rings. The Bertz CT molecular complexity index is 69.1. The summed E-state index contributed by atoms with van der Waals surface area (Å²) in [5, 5.41) is 0. The Hall–Kier alpha value is 1.71. The maximum Gasteiger partial charge on any atom is 4.00 e. The van der Waals surface area contributed by atoms with Crippen LogP contribution in [0.5, 0.6) is 0 Å². The monoisotopic (exact) mass is 454 g/mol. The van der Waals surface area contributed by atoms with Gasteiger partial charge in [-0.15, -0.1) is 0 Å². The van der Waals surface area contributed by atoms with Crippen LogP contribution in [0.4, 0.5) is 0 Å². The van der Waals surface area contributed by atoms with Gasteiger partial charge in [0, 0.05) is 0 Å². The molecule has 0 aromatic rings. The van der Waals surface area contributed by atoms with Crippen LogP contribution in [0, 0.1) is 0 Å². The minimum atomic E-state index is -4.11. The van der Waals surface area contributed by atoms with Crippen molar-refractivity contribution in [2.75, 3.05) is 0 Å². The third-order valence-corrected chi connectivity index (χ3v) is 0. The van der Waals surface area contributed by atoms with Gasteiger partial charge < -0.3 is 0 Å². The molecule has 0 N–H and O–H groups in total. The molecule has 0 amide bonds. The summed E-state index contributed by atoms with van der Waals surface area (Å²) in [6.45, 7) is 0. The second-order valence-corrected chi connectivity index (χ2v) is 2.74. The molecule has 0 radical (unpaired) electrons. The predicted molar refractivity (Wildman–Crippen MR) is 12.9 cm³/mol. The molecule has 0 unspecified atom stereocenters. The zero-order chi connectivity index (χ0) is 7.15. The average Bonchev–Trinajstić information content (AvgIpc) is 1.25. The topological polar surface area (TPSA) is 126 Å². The molecule has 6 nitrogen and oxygen atoms in total. The van der Waals surface area contributed by atoms with Crippen LogP contribution in [-0.4, -0.2) is 40.7 Å². The Labute approximate surface area is 81.0 Å². The van der Waals surface area contributed by atoms with Crippen molar-refractivity contribution in [2.24, 2.45) is 0 Å². The summed E-state index contributed by atoms with van der Waals surface area (Å²) in [7, 11) is 0. The van der Waals surface area contributed by atoms with Crippen LogP contribution < -0.4 is 13.9 Å². The van der Waals surface area contributed by atoms with Crippen molar-refractivity contribution < 1.29 is 41.2 Å². The molecule has 9 heavy (non-hydrogen) atoms. The first kappa shape index (κ1) is 17.0. The zero-order valence-corrected chi connectivity index (χ0v) is 10.3. The first-order valence-corrected chi connectivity index (χ1v) is 6.71. The van der Waals surface area contributed by atoms with E-state index in [-0.39, 0.29) is 21.1 Å². The van der Waals surface area contributed by atoms with Gasteiger partial charge in [0.2, 0.25) is 0 Å². The first-order chi connectivity index (χ1) is 3.46. The molecular formula is MoO6Te2. The van der Waals surface area contributed by atoms with Gasteiger partial charge in [0.15, 0.2) is 0 Å². The van der Waals surface area contributed by atoms with Crippen molar-refractivity contribution in [2.45, 2.75) is 0 Å². The van der Waals surface area contributed by atoms with Crippen LogP contribution in [-0.2, 0) is 27.3 Å². The molecule has 0 aliphatic heterocycles. The number of hydrogen-bond donors (Lipinski definition) is 0. The van der Waals surface area contributed by atoms with E-state index in [4.69, 9.17) is 20.1 Å². The fraction of sp³-hybridized carbons (Fsp3) is 0. The quantitative estimate of drug-likeness (QED) is 0.341. The minimum absolute atomic E-state index is 0. The molecule has 0 aliphatic carbocycles. The van der Waals surface area contributed by atoms with E-state index in [2.05, 4.69) is 0 Å². The van der Waals surface area contributed by atoms with E-state index >= 15 is 0 Å². The van der Waals surface area contributed by atoms with Crippen LogP contribution in [0.1, 0.15) is 0 Å². The van der Waals surface area contributed by atoms with Gasteiger partial charge in [0.05, 0.1) is 0 Å². The maximum absolute atomic E-state index is 8.59. The van der Waals surface area contributed by atoms with E-state index in [1.807, 2.05) is 0 Å². The van der Waals surface area contributed by atoms with E-state index < -0.39 is 40.7 Å². The molecule has 0 aliphatic rings. The van der Waals surface area contributed by atoms with Crippen molar-refractivity contribution in [3.63, 3.8) is 0 Å². The largest absolute Gasteiger partial charge is 4.00 e. The van der Waals surface area contributed by atoms with Crippen LogP contribution >= 0.6 is 0 Å². The Kier molecular flexibility index (Phi) is 23.4. The molecule has 0 heterocycles. The van der Waals surface area contributed by atoms with Crippen molar-refractivity contribution >= 4 is 40.7 Å².